The Bertz CT molecular complexity index is 556. The van der Waals surface area contributed by atoms with Gasteiger partial charge in [0, 0.05) is 20.0 Å². The number of hydrogen-bond acceptors (Lipinski definition) is 5. The van der Waals surface area contributed by atoms with Gasteiger partial charge >= 0.3 is 0 Å². The van der Waals surface area contributed by atoms with Crippen LogP contribution in [0.15, 0.2) is 34.9 Å². The highest BCUT2D eigenvalue weighted by Crippen LogP contribution is 2.14. The maximum atomic E-state index is 5.87. The quantitative estimate of drug-likeness (QED) is 0.844. The molecule has 1 atom stereocenters. The lowest BCUT2D eigenvalue weighted by Crippen LogP contribution is -2.42. The van der Waals surface area contributed by atoms with Crippen molar-refractivity contribution in [2.24, 2.45) is 0 Å². The van der Waals surface area contributed by atoms with E-state index in [-0.39, 0.29) is 6.10 Å². The van der Waals surface area contributed by atoms with Crippen LogP contribution >= 0.6 is 0 Å². The molecule has 1 aromatic heterocycles. The lowest BCUT2D eigenvalue weighted by molar-refractivity contribution is -0.0354. The van der Waals surface area contributed by atoms with Gasteiger partial charge in [0.05, 0.1) is 19.3 Å². The SMILES string of the molecule is Cc1nc(CN2CCO[C@H](CCc3ccccc3)C2)no1. The van der Waals surface area contributed by atoms with Crippen molar-refractivity contribution in [3.8, 4) is 0 Å². The van der Waals surface area contributed by atoms with Gasteiger partial charge in [-0.1, -0.05) is 35.5 Å². The summed E-state index contributed by atoms with van der Waals surface area (Å²) in [6.07, 6.45) is 2.39. The van der Waals surface area contributed by atoms with Crippen LogP contribution in [0.4, 0.5) is 0 Å². The Kier molecular flexibility index (Phi) is 4.62. The number of ether oxygens (including phenoxy) is 1. The van der Waals surface area contributed by atoms with E-state index in [4.69, 9.17) is 9.26 Å². The maximum absolute atomic E-state index is 5.87. The fraction of sp³-hybridized carbons (Fsp3) is 0.500. The molecule has 0 aliphatic carbocycles. The molecule has 5 nitrogen and oxygen atoms in total. The third kappa shape index (κ3) is 4.12. The van der Waals surface area contributed by atoms with E-state index < -0.39 is 0 Å². The second kappa shape index (κ2) is 6.83. The monoisotopic (exact) mass is 287 g/mol. The summed E-state index contributed by atoms with van der Waals surface area (Å²) >= 11 is 0. The van der Waals surface area contributed by atoms with Crippen molar-refractivity contribution in [2.75, 3.05) is 19.7 Å². The van der Waals surface area contributed by atoms with Gasteiger partial charge in [-0.3, -0.25) is 4.90 Å². The van der Waals surface area contributed by atoms with E-state index in [1.165, 1.54) is 5.56 Å². The van der Waals surface area contributed by atoms with Crippen LogP contribution in [-0.2, 0) is 17.7 Å². The lowest BCUT2D eigenvalue weighted by Gasteiger charge is -2.32. The molecule has 0 bridgehead atoms. The first-order valence-corrected chi connectivity index (χ1v) is 7.46. The minimum Gasteiger partial charge on any atom is -0.376 e. The normalized spacial score (nSPS) is 19.8. The van der Waals surface area contributed by atoms with Crippen LogP contribution in [0.5, 0.6) is 0 Å². The smallest absolute Gasteiger partial charge is 0.223 e. The van der Waals surface area contributed by atoms with E-state index in [0.717, 1.165) is 44.9 Å². The first-order chi connectivity index (χ1) is 10.3. The fourth-order valence-electron chi connectivity index (χ4n) is 2.68. The van der Waals surface area contributed by atoms with Crippen LogP contribution < -0.4 is 0 Å². The van der Waals surface area contributed by atoms with Gasteiger partial charge in [0.25, 0.3) is 0 Å². The Labute approximate surface area is 124 Å². The van der Waals surface area contributed by atoms with E-state index >= 15 is 0 Å². The Morgan fingerprint density at radius 3 is 2.90 bits per heavy atom. The molecule has 1 aliphatic heterocycles. The first-order valence-electron chi connectivity index (χ1n) is 7.46. The zero-order valence-electron chi connectivity index (χ0n) is 12.4. The Balaban J connectivity index is 1.49. The van der Waals surface area contributed by atoms with Crippen LogP contribution in [0.25, 0.3) is 0 Å². The number of nitrogens with zero attached hydrogens (tertiary/aromatic N) is 3. The van der Waals surface area contributed by atoms with Gasteiger partial charge < -0.3 is 9.26 Å². The number of aromatic nitrogens is 2. The molecule has 1 aliphatic rings. The molecule has 0 radical (unpaired) electrons. The van der Waals surface area contributed by atoms with E-state index in [1.54, 1.807) is 0 Å². The maximum Gasteiger partial charge on any atom is 0.223 e. The summed E-state index contributed by atoms with van der Waals surface area (Å²) in [5.74, 6) is 1.38. The highest BCUT2D eigenvalue weighted by molar-refractivity contribution is 5.14. The van der Waals surface area contributed by atoms with E-state index in [0.29, 0.717) is 5.89 Å². The molecule has 3 rings (SSSR count). The van der Waals surface area contributed by atoms with Gasteiger partial charge in [0.2, 0.25) is 5.89 Å². The summed E-state index contributed by atoms with van der Waals surface area (Å²) in [7, 11) is 0. The zero-order chi connectivity index (χ0) is 14.5. The molecule has 0 unspecified atom stereocenters. The molecule has 0 spiro atoms. The fourth-order valence-corrected chi connectivity index (χ4v) is 2.68. The predicted octanol–water partition coefficient (Wildman–Crippen LogP) is 2.21. The average molecular weight is 287 g/mol. The summed E-state index contributed by atoms with van der Waals surface area (Å²) in [4.78, 5) is 6.60. The Hall–Kier alpha value is -1.72. The molecule has 21 heavy (non-hydrogen) atoms. The second-order valence-electron chi connectivity index (χ2n) is 5.48. The molecule has 2 heterocycles. The highest BCUT2D eigenvalue weighted by atomic mass is 16.5. The molecule has 1 fully saturated rings. The van der Waals surface area contributed by atoms with Crippen molar-refractivity contribution in [3.63, 3.8) is 0 Å². The number of benzene rings is 1. The number of rotatable bonds is 5. The topological polar surface area (TPSA) is 51.4 Å². The second-order valence-corrected chi connectivity index (χ2v) is 5.48. The molecular weight excluding hydrogens is 266 g/mol. The van der Waals surface area contributed by atoms with E-state index in [9.17, 15) is 0 Å². The van der Waals surface area contributed by atoms with Crippen molar-refractivity contribution in [1.82, 2.24) is 15.0 Å². The molecule has 2 aromatic rings. The van der Waals surface area contributed by atoms with Crippen molar-refractivity contribution in [3.05, 3.63) is 47.6 Å². The van der Waals surface area contributed by atoms with Gasteiger partial charge in [-0.2, -0.15) is 4.98 Å². The molecule has 0 N–H and O–H groups in total. The van der Waals surface area contributed by atoms with E-state index in [1.807, 2.05) is 6.92 Å². The minimum absolute atomic E-state index is 0.284. The van der Waals surface area contributed by atoms with Crippen LogP contribution in [0.2, 0.25) is 0 Å². The minimum atomic E-state index is 0.284. The van der Waals surface area contributed by atoms with Crippen molar-refractivity contribution < 1.29 is 9.26 Å². The van der Waals surface area contributed by atoms with Crippen LogP contribution in [-0.4, -0.2) is 40.8 Å². The van der Waals surface area contributed by atoms with Gasteiger partial charge in [0.1, 0.15) is 0 Å². The molecule has 1 aromatic carbocycles. The summed E-state index contributed by atoms with van der Waals surface area (Å²) in [5, 5.41) is 3.96. The summed E-state index contributed by atoms with van der Waals surface area (Å²) in [6.45, 7) is 5.19. The standard InChI is InChI=1S/C16H21N3O2/c1-13-17-16(18-21-13)12-19-9-10-20-15(11-19)8-7-14-5-3-2-4-6-14/h2-6,15H,7-12H2,1H3/t15-/m1/s1. The summed E-state index contributed by atoms with van der Waals surface area (Å²) in [5.41, 5.74) is 1.37. The summed E-state index contributed by atoms with van der Waals surface area (Å²) in [6, 6.07) is 10.6. The predicted molar refractivity (Wildman–Crippen MR) is 78.8 cm³/mol. The van der Waals surface area contributed by atoms with Crippen LogP contribution in [0, 0.1) is 6.92 Å². The Morgan fingerprint density at radius 2 is 2.14 bits per heavy atom. The average Bonchev–Trinajstić information content (AvgIpc) is 2.92. The van der Waals surface area contributed by atoms with Crippen molar-refractivity contribution in [1.29, 1.82) is 0 Å². The molecule has 5 heteroatoms. The van der Waals surface area contributed by atoms with Crippen molar-refractivity contribution in [2.45, 2.75) is 32.4 Å². The van der Waals surface area contributed by atoms with Crippen LogP contribution in [0.1, 0.15) is 23.7 Å². The molecule has 112 valence electrons. The Morgan fingerprint density at radius 1 is 1.29 bits per heavy atom. The number of hydrogen-bond donors (Lipinski definition) is 0. The first kappa shape index (κ1) is 14.2. The van der Waals surface area contributed by atoms with Gasteiger partial charge in [-0.15, -0.1) is 0 Å². The molecule has 0 amide bonds. The highest BCUT2D eigenvalue weighted by Gasteiger charge is 2.21. The number of morpholine rings is 1. The number of aryl methyl sites for hydroxylation is 2. The largest absolute Gasteiger partial charge is 0.376 e. The lowest BCUT2D eigenvalue weighted by atomic mass is 10.1. The van der Waals surface area contributed by atoms with Gasteiger partial charge in [0.15, 0.2) is 5.82 Å². The summed E-state index contributed by atoms with van der Waals surface area (Å²) < 4.78 is 10.9. The van der Waals surface area contributed by atoms with Crippen LogP contribution in [0.3, 0.4) is 0 Å². The van der Waals surface area contributed by atoms with Gasteiger partial charge in [-0.05, 0) is 18.4 Å². The molecule has 1 saturated heterocycles. The zero-order valence-corrected chi connectivity index (χ0v) is 12.4. The molecule has 0 saturated carbocycles. The van der Waals surface area contributed by atoms with E-state index in [2.05, 4.69) is 45.4 Å². The molecular formula is C16H21N3O2. The third-order valence-electron chi connectivity index (χ3n) is 3.76. The third-order valence-corrected chi connectivity index (χ3v) is 3.76. The van der Waals surface area contributed by atoms with Gasteiger partial charge in [-0.25, -0.2) is 0 Å². The van der Waals surface area contributed by atoms with Crippen molar-refractivity contribution >= 4 is 0 Å².